The van der Waals surface area contributed by atoms with Gasteiger partial charge in [-0.15, -0.1) is 0 Å². The highest BCUT2D eigenvalue weighted by atomic mass is 32.2. The lowest BCUT2D eigenvalue weighted by Crippen LogP contribution is -2.13. The normalized spacial score (nSPS) is 11.1. The number of nitrogen functional groups attached to an aromatic ring is 1. The van der Waals surface area contributed by atoms with Crippen molar-refractivity contribution >= 4 is 15.7 Å². The summed E-state index contributed by atoms with van der Waals surface area (Å²) in [5.41, 5.74) is 8.82. The van der Waals surface area contributed by atoms with E-state index in [0.29, 0.717) is 33.5 Å². The third kappa shape index (κ3) is 4.18. The molecule has 3 aromatic rings. The largest absolute Gasteiger partial charge is 0.384 e. The summed E-state index contributed by atoms with van der Waals surface area (Å²) >= 11 is 0. The monoisotopic (exact) mass is 398 g/mol. The van der Waals surface area contributed by atoms with Crippen molar-refractivity contribution in [3.05, 3.63) is 65.7 Å². The molecule has 0 spiro atoms. The molecule has 6 nitrogen and oxygen atoms in total. The van der Waals surface area contributed by atoms with Gasteiger partial charge in [-0.1, -0.05) is 18.2 Å². The fourth-order valence-corrected chi connectivity index (χ4v) is 3.50. The molecule has 0 amide bonds. The van der Waals surface area contributed by atoms with Crippen molar-refractivity contribution in [2.75, 3.05) is 5.73 Å². The summed E-state index contributed by atoms with van der Waals surface area (Å²) in [5.74, 6) is 6.32. The molecule has 0 aliphatic heterocycles. The van der Waals surface area contributed by atoms with Crippen molar-refractivity contribution in [1.82, 2.24) is 15.0 Å². The van der Waals surface area contributed by atoms with E-state index in [0.717, 1.165) is 5.56 Å². The molecule has 28 heavy (non-hydrogen) atoms. The van der Waals surface area contributed by atoms with E-state index in [1.165, 1.54) is 0 Å². The lowest BCUT2D eigenvalue weighted by atomic mass is 10.1. The van der Waals surface area contributed by atoms with E-state index in [1.807, 2.05) is 6.92 Å². The summed E-state index contributed by atoms with van der Waals surface area (Å²) in [5, 5.41) is -0.472. The van der Waals surface area contributed by atoms with E-state index in [9.17, 15) is 8.42 Å². The Morgan fingerprint density at radius 2 is 1.75 bits per heavy atom. The van der Waals surface area contributed by atoms with Gasteiger partial charge in [0.05, 0.1) is 27.7 Å². The van der Waals surface area contributed by atoms with Gasteiger partial charge in [-0.2, -0.15) is 0 Å². The van der Waals surface area contributed by atoms with Gasteiger partial charge in [0.25, 0.3) is 0 Å². The number of aromatic nitrogens is 3. The van der Waals surface area contributed by atoms with Gasteiger partial charge in [0, 0.05) is 9.84 Å². The van der Waals surface area contributed by atoms with E-state index in [4.69, 9.17) is 5.73 Å². The van der Waals surface area contributed by atoms with Crippen LogP contribution in [0.4, 0.5) is 5.82 Å². The summed E-state index contributed by atoms with van der Waals surface area (Å²) in [6, 6.07) is 11.9. The molecule has 0 aliphatic rings. The minimum Gasteiger partial charge on any atom is -0.384 e. The molecule has 3 rings (SSSR count). The molecule has 2 N–H and O–H groups in total. The highest BCUT2D eigenvalue weighted by Crippen LogP contribution is 2.22. The highest BCUT2D eigenvalue weighted by Gasteiger charge is 2.19. The smallest absolute Gasteiger partial charge is 0.180 e. The molecule has 0 fully saturated rings. The van der Waals surface area contributed by atoms with Crippen molar-refractivity contribution < 1.29 is 12.7 Å². The van der Waals surface area contributed by atoms with Crippen molar-refractivity contribution in [2.45, 2.75) is 30.9 Å². The maximum atomic E-state index is 12.3. The molecule has 0 saturated carbocycles. The Labute approximate surface area is 169 Å². The van der Waals surface area contributed by atoms with Gasteiger partial charge >= 0.3 is 0 Å². The van der Waals surface area contributed by atoms with Crippen LogP contribution in [0.25, 0.3) is 11.3 Å². The van der Waals surface area contributed by atoms with Crippen molar-refractivity contribution in [3.63, 3.8) is 0 Å². The summed E-state index contributed by atoms with van der Waals surface area (Å²) in [4.78, 5) is 13.4. The first-order valence-corrected chi connectivity index (χ1v) is 10.2. The second-order valence-electron chi connectivity index (χ2n) is 6.51. The SMILES string of the molecule is Cc1ncc(-c2ccc(S(=O)(=O)C(C)C)cc2)nc1C#Cc1cccc(N)n1.[HH].[HH].[HH]. The molecule has 0 aliphatic carbocycles. The molecule has 0 atom stereocenters. The number of rotatable bonds is 3. The van der Waals surface area contributed by atoms with Crippen LogP contribution in [0.1, 0.15) is 35.2 Å². The summed E-state index contributed by atoms with van der Waals surface area (Å²) in [7, 11) is -3.31. The van der Waals surface area contributed by atoms with Gasteiger partial charge in [-0.3, -0.25) is 4.98 Å². The van der Waals surface area contributed by atoms with Gasteiger partial charge in [0.2, 0.25) is 0 Å². The van der Waals surface area contributed by atoms with Crippen LogP contribution in [0, 0.1) is 18.8 Å². The Balaban J connectivity index is 0.00000300. The summed E-state index contributed by atoms with van der Waals surface area (Å²) in [6.07, 6.45) is 1.64. The van der Waals surface area contributed by atoms with Crippen LogP contribution in [0.2, 0.25) is 0 Å². The maximum Gasteiger partial charge on any atom is 0.180 e. The number of hydrogen-bond donors (Lipinski definition) is 1. The van der Waals surface area contributed by atoms with Crippen LogP contribution in [0.5, 0.6) is 0 Å². The predicted molar refractivity (Wildman–Crippen MR) is 115 cm³/mol. The molecular weight excluding hydrogens is 372 g/mol. The van der Waals surface area contributed by atoms with Crippen molar-refractivity contribution in [3.8, 4) is 23.1 Å². The van der Waals surface area contributed by atoms with Crippen LogP contribution in [-0.2, 0) is 9.84 Å². The Morgan fingerprint density at radius 1 is 1.04 bits per heavy atom. The fourth-order valence-electron chi connectivity index (χ4n) is 2.44. The molecule has 0 bridgehead atoms. The number of nitrogens with zero attached hydrogens (tertiary/aromatic N) is 3. The Morgan fingerprint density at radius 3 is 2.39 bits per heavy atom. The minimum absolute atomic E-state index is 0. The standard InChI is InChI=1S/C21H20N4O2S.3H2/c1-14(2)28(26,27)18-10-7-16(8-11-18)20-13-23-15(3)19(25-20)12-9-17-5-4-6-21(22)24-17;;;/h4-8,10-11,13-14H,1-3H3,(H2,22,24);3*1H. The lowest BCUT2D eigenvalue weighted by molar-refractivity contribution is 0.587. The number of nitrogens with two attached hydrogens (primary N) is 1. The fraction of sp³-hybridized carbons (Fsp3) is 0.190. The maximum absolute atomic E-state index is 12.3. The second-order valence-corrected chi connectivity index (χ2v) is 9.01. The number of benzene rings is 1. The lowest BCUT2D eigenvalue weighted by Gasteiger charge is -2.09. The molecule has 7 heteroatoms. The molecule has 2 aromatic heterocycles. The molecule has 1 aromatic carbocycles. The summed E-state index contributed by atoms with van der Waals surface area (Å²) < 4.78 is 24.5. The van der Waals surface area contributed by atoms with Crippen LogP contribution in [0.3, 0.4) is 0 Å². The topological polar surface area (TPSA) is 98.8 Å². The van der Waals surface area contributed by atoms with Gasteiger partial charge in [-0.05, 0) is 56.9 Å². The molecule has 0 saturated heterocycles. The van der Waals surface area contributed by atoms with E-state index in [2.05, 4.69) is 26.8 Å². The van der Waals surface area contributed by atoms with Gasteiger partial charge in [0.1, 0.15) is 17.2 Å². The zero-order chi connectivity index (χ0) is 20.3. The second kappa shape index (κ2) is 7.79. The average Bonchev–Trinajstić information content (AvgIpc) is 2.67. The van der Waals surface area contributed by atoms with Crippen molar-refractivity contribution in [2.24, 2.45) is 0 Å². The summed E-state index contributed by atoms with van der Waals surface area (Å²) in [6.45, 7) is 5.15. The van der Waals surface area contributed by atoms with E-state index >= 15 is 0 Å². The minimum atomic E-state index is -3.31. The zero-order valence-corrected chi connectivity index (χ0v) is 16.7. The molecule has 0 radical (unpaired) electrons. The number of anilines is 1. The van der Waals surface area contributed by atoms with Gasteiger partial charge in [-0.25, -0.2) is 18.4 Å². The number of pyridine rings is 1. The van der Waals surface area contributed by atoms with Gasteiger partial charge < -0.3 is 5.73 Å². The van der Waals surface area contributed by atoms with Gasteiger partial charge in [0.15, 0.2) is 9.84 Å². The predicted octanol–water partition coefficient (Wildman–Crippen LogP) is 3.75. The zero-order valence-electron chi connectivity index (χ0n) is 15.8. The average molecular weight is 399 g/mol. The Hall–Kier alpha value is -3.24. The third-order valence-corrected chi connectivity index (χ3v) is 6.30. The van der Waals surface area contributed by atoms with E-state index in [-0.39, 0.29) is 4.28 Å². The quantitative estimate of drug-likeness (QED) is 0.675. The van der Waals surface area contributed by atoms with Crippen molar-refractivity contribution in [1.29, 1.82) is 0 Å². The van der Waals surface area contributed by atoms with Crippen LogP contribution in [-0.4, -0.2) is 28.6 Å². The molecule has 2 heterocycles. The number of aryl methyl sites for hydroxylation is 1. The number of sulfone groups is 1. The first-order valence-electron chi connectivity index (χ1n) is 8.70. The van der Waals surface area contributed by atoms with Crippen LogP contribution < -0.4 is 5.73 Å². The van der Waals surface area contributed by atoms with Crippen LogP contribution in [0.15, 0.2) is 53.6 Å². The molecular formula is C21H26N4O2S. The highest BCUT2D eigenvalue weighted by molar-refractivity contribution is 7.92. The van der Waals surface area contributed by atoms with Crippen LogP contribution >= 0.6 is 0 Å². The molecule has 148 valence electrons. The van der Waals surface area contributed by atoms with E-state index < -0.39 is 15.1 Å². The van der Waals surface area contributed by atoms with E-state index in [1.54, 1.807) is 62.5 Å². The first-order chi connectivity index (χ1) is 13.3. The third-order valence-electron chi connectivity index (χ3n) is 4.13. The Kier molecular flexibility index (Phi) is 5.43. The Bertz CT molecular complexity index is 1190. The first kappa shape index (κ1) is 19.5. The number of hydrogen-bond acceptors (Lipinski definition) is 6. The molecule has 0 unspecified atom stereocenters.